The minimum Gasteiger partial charge on any atom is -0.394 e. The predicted octanol–water partition coefficient (Wildman–Crippen LogP) is 4.56. The predicted molar refractivity (Wildman–Crippen MR) is 127 cm³/mol. The SMILES string of the molecule is OC[C@H](NC1CCC(CCc2c[nH]c3ccc(-n4cnnc4)cc23)CC1)c1ccccc1. The van der Waals surface area contributed by atoms with Gasteiger partial charge in [0, 0.05) is 28.8 Å². The first-order valence-electron chi connectivity index (χ1n) is 11.7. The molecule has 1 saturated carbocycles. The number of hydrogen-bond donors (Lipinski definition) is 3. The van der Waals surface area contributed by atoms with Gasteiger partial charge in [-0.15, -0.1) is 10.2 Å². The fraction of sp³-hybridized carbons (Fsp3) is 0.385. The maximum atomic E-state index is 9.84. The lowest BCUT2D eigenvalue weighted by Crippen LogP contribution is -2.37. The average molecular weight is 430 g/mol. The molecule has 32 heavy (non-hydrogen) atoms. The summed E-state index contributed by atoms with van der Waals surface area (Å²) in [5, 5.41) is 22.7. The number of benzene rings is 2. The van der Waals surface area contributed by atoms with Crippen LogP contribution in [0.4, 0.5) is 0 Å². The van der Waals surface area contributed by atoms with E-state index in [2.05, 4.69) is 57.0 Å². The Hall–Kier alpha value is -2.96. The highest BCUT2D eigenvalue weighted by Crippen LogP contribution is 2.31. The van der Waals surface area contributed by atoms with E-state index in [-0.39, 0.29) is 12.6 Å². The van der Waals surface area contributed by atoms with E-state index in [1.807, 2.05) is 22.8 Å². The van der Waals surface area contributed by atoms with Crippen molar-refractivity contribution in [3.63, 3.8) is 0 Å². The van der Waals surface area contributed by atoms with E-state index in [9.17, 15) is 5.11 Å². The Labute approximate surface area is 188 Å². The molecule has 1 aliphatic carbocycles. The highest BCUT2D eigenvalue weighted by atomic mass is 16.3. The number of H-pyrrole nitrogens is 1. The summed E-state index contributed by atoms with van der Waals surface area (Å²) in [5.41, 5.74) is 4.83. The number of nitrogens with zero attached hydrogens (tertiary/aromatic N) is 3. The van der Waals surface area contributed by atoms with Crippen LogP contribution >= 0.6 is 0 Å². The molecule has 6 heteroatoms. The summed E-state index contributed by atoms with van der Waals surface area (Å²) in [6.45, 7) is 0.141. The van der Waals surface area contributed by atoms with Crippen LogP contribution in [-0.2, 0) is 6.42 Å². The first kappa shape index (κ1) is 20.9. The van der Waals surface area contributed by atoms with Crippen molar-refractivity contribution >= 4 is 10.9 Å². The lowest BCUT2D eigenvalue weighted by molar-refractivity contribution is 0.205. The quantitative estimate of drug-likeness (QED) is 0.384. The van der Waals surface area contributed by atoms with Crippen LogP contribution in [0.3, 0.4) is 0 Å². The van der Waals surface area contributed by atoms with Crippen molar-refractivity contribution in [1.29, 1.82) is 0 Å². The van der Waals surface area contributed by atoms with Crippen molar-refractivity contribution in [1.82, 2.24) is 25.1 Å². The summed E-state index contributed by atoms with van der Waals surface area (Å²) in [7, 11) is 0. The molecule has 0 radical (unpaired) electrons. The highest BCUT2D eigenvalue weighted by molar-refractivity contribution is 5.85. The molecule has 5 rings (SSSR count). The van der Waals surface area contributed by atoms with Gasteiger partial charge >= 0.3 is 0 Å². The van der Waals surface area contributed by atoms with Gasteiger partial charge in [0.25, 0.3) is 0 Å². The van der Waals surface area contributed by atoms with Crippen molar-refractivity contribution in [2.75, 3.05) is 6.61 Å². The molecule has 3 N–H and O–H groups in total. The molecule has 2 aromatic heterocycles. The number of rotatable bonds is 8. The standard InChI is InChI=1S/C26H31N5O/c32-16-26(20-4-2-1-3-5-20)30-22-10-7-19(8-11-22)6-9-21-15-27-25-13-12-23(14-24(21)25)31-17-28-29-18-31/h1-5,12-15,17-19,22,26-27,30,32H,6-11,16H2/t19?,22?,26-/m0/s1. The maximum absolute atomic E-state index is 9.84. The smallest absolute Gasteiger partial charge is 0.123 e. The van der Waals surface area contributed by atoms with Gasteiger partial charge < -0.3 is 15.4 Å². The number of aromatic nitrogens is 4. The Kier molecular flexibility index (Phi) is 6.32. The Balaban J connectivity index is 1.16. The number of nitrogens with one attached hydrogen (secondary N) is 2. The molecule has 4 aromatic rings. The first-order valence-corrected chi connectivity index (χ1v) is 11.7. The van der Waals surface area contributed by atoms with Crippen molar-refractivity contribution in [3.8, 4) is 5.69 Å². The molecule has 0 aliphatic heterocycles. The number of aliphatic hydroxyl groups is 1. The summed E-state index contributed by atoms with van der Waals surface area (Å²) < 4.78 is 1.94. The molecule has 0 saturated heterocycles. The number of hydrogen-bond acceptors (Lipinski definition) is 4. The normalized spacial score (nSPS) is 19.9. The molecule has 2 heterocycles. The number of aromatic amines is 1. The second-order valence-electron chi connectivity index (χ2n) is 8.98. The van der Waals surface area contributed by atoms with Crippen molar-refractivity contribution < 1.29 is 5.11 Å². The maximum Gasteiger partial charge on any atom is 0.123 e. The molecule has 166 valence electrons. The molecule has 1 aliphatic rings. The van der Waals surface area contributed by atoms with Crippen LogP contribution in [0.2, 0.25) is 0 Å². The van der Waals surface area contributed by atoms with Gasteiger partial charge in [-0.25, -0.2) is 0 Å². The monoisotopic (exact) mass is 429 g/mol. The van der Waals surface area contributed by atoms with Crippen molar-refractivity contribution in [3.05, 3.63) is 78.5 Å². The van der Waals surface area contributed by atoms with Crippen LogP contribution in [0, 0.1) is 5.92 Å². The Morgan fingerprint density at radius 1 is 1.03 bits per heavy atom. The molecule has 0 bridgehead atoms. The van der Waals surface area contributed by atoms with E-state index in [1.54, 1.807) is 12.7 Å². The molecule has 2 aromatic carbocycles. The second kappa shape index (κ2) is 9.67. The topological polar surface area (TPSA) is 78.8 Å². The minimum atomic E-state index is 0.0314. The molecule has 1 atom stereocenters. The Morgan fingerprint density at radius 2 is 1.81 bits per heavy atom. The molecule has 0 amide bonds. The third-order valence-electron chi connectivity index (χ3n) is 6.96. The molecule has 0 unspecified atom stereocenters. The summed E-state index contributed by atoms with van der Waals surface area (Å²) in [4.78, 5) is 3.42. The summed E-state index contributed by atoms with van der Waals surface area (Å²) in [5.74, 6) is 0.767. The van der Waals surface area contributed by atoms with Crippen LogP contribution in [0.25, 0.3) is 16.6 Å². The van der Waals surface area contributed by atoms with Gasteiger partial charge in [0.15, 0.2) is 0 Å². The Bertz CT molecular complexity index is 1110. The second-order valence-corrected chi connectivity index (χ2v) is 8.98. The lowest BCUT2D eigenvalue weighted by atomic mass is 9.82. The van der Waals surface area contributed by atoms with E-state index in [0.29, 0.717) is 6.04 Å². The largest absolute Gasteiger partial charge is 0.394 e. The van der Waals surface area contributed by atoms with Crippen LogP contribution in [0.5, 0.6) is 0 Å². The number of aryl methyl sites for hydroxylation is 1. The van der Waals surface area contributed by atoms with Gasteiger partial charge in [-0.3, -0.25) is 4.57 Å². The molecular formula is C26H31N5O. The van der Waals surface area contributed by atoms with Gasteiger partial charge in [0.2, 0.25) is 0 Å². The van der Waals surface area contributed by atoms with Crippen LogP contribution < -0.4 is 5.32 Å². The molecule has 0 spiro atoms. The van der Waals surface area contributed by atoms with E-state index in [1.165, 1.54) is 54.1 Å². The number of fused-ring (bicyclic) bond motifs is 1. The minimum absolute atomic E-state index is 0.0314. The van der Waals surface area contributed by atoms with Crippen LogP contribution in [0.15, 0.2) is 67.4 Å². The molecular weight excluding hydrogens is 398 g/mol. The third-order valence-corrected chi connectivity index (χ3v) is 6.96. The lowest BCUT2D eigenvalue weighted by Gasteiger charge is -2.32. The van der Waals surface area contributed by atoms with Gasteiger partial charge in [0.1, 0.15) is 12.7 Å². The fourth-order valence-electron chi connectivity index (χ4n) is 5.07. The zero-order valence-electron chi connectivity index (χ0n) is 18.3. The molecule has 1 fully saturated rings. The fourth-order valence-corrected chi connectivity index (χ4v) is 5.07. The highest BCUT2D eigenvalue weighted by Gasteiger charge is 2.23. The zero-order chi connectivity index (χ0) is 21.8. The van der Waals surface area contributed by atoms with Crippen molar-refractivity contribution in [2.45, 2.75) is 50.6 Å². The zero-order valence-corrected chi connectivity index (χ0v) is 18.3. The average Bonchev–Trinajstić information content (AvgIpc) is 3.52. The van der Waals surface area contributed by atoms with E-state index in [4.69, 9.17) is 0 Å². The summed E-state index contributed by atoms with van der Waals surface area (Å²) in [6, 6.07) is 17.3. The van der Waals surface area contributed by atoms with E-state index >= 15 is 0 Å². The Morgan fingerprint density at radius 3 is 2.56 bits per heavy atom. The summed E-state index contributed by atoms with van der Waals surface area (Å²) >= 11 is 0. The van der Waals surface area contributed by atoms with E-state index < -0.39 is 0 Å². The summed E-state index contributed by atoms with van der Waals surface area (Å²) in [6.07, 6.45) is 12.8. The number of aliphatic hydroxyl groups excluding tert-OH is 1. The third kappa shape index (κ3) is 4.61. The van der Waals surface area contributed by atoms with Crippen LogP contribution in [0.1, 0.15) is 49.3 Å². The van der Waals surface area contributed by atoms with Gasteiger partial charge in [-0.05, 0) is 73.8 Å². The van der Waals surface area contributed by atoms with E-state index in [0.717, 1.165) is 18.0 Å². The molecule has 6 nitrogen and oxygen atoms in total. The first-order chi connectivity index (χ1) is 15.8. The van der Waals surface area contributed by atoms with Crippen LogP contribution in [-0.4, -0.2) is 37.5 Å². The van der Waals surface area contributed by atoms with Gasteiger partial charge in [-0.1, -0.05) is 30.3 Å². The van der Waals surface area contributed by atoms with Crippen molar-refractivity contribution in [2.24, 2.45) is 5.92 Å². The van der Waals surface area contributed by atoms with Gasteiger partial charge in [0.05, 0.1) is 12.6 Å². The van der Waals surface area contributed by atoms with Gasteiger partial charge in [-0.2, -0.15) is 0 Å².